The van der Waals surface area contributed by atoms with Gasteiger partial charge in [0.2, 0.25) is 21.8 Å². The molecular weight excluding hydrogens is 509 g/mol. The van der Waals surface area contributed by atoms with Crippen molar-refractivity contribution in [3.05, 3.63) is 63.6 Å². The lowest BCUT2D eigenvalue weighted by Gasteiger charge is -2.33. The van der Waals surface area contributed by atoms with Gasteiger partial charge in [0.25, 0.3) is 0 Å². The maximum absolute atomic E-state index is 13.6. The quantitative estimate of drug-likeness (QED) is 0.391. The molecule has 0 heterocycles. The van der Waals surface area contributed by atoms with Gasteiger partial charge in [-0.15, -0.1) is 0 Å². The molecule has 2 aromatic carbocycles. The highest BCUT2D eigenvalue weighted by Gasteiger charge is 2.31. The van der Waals surface area contributed by atoms with Crippen LogP contribution < -0.4 is 9.62 Å². The molecule has 2 amide bonds. The Labute approximate surface area is 218 Å². The first-order chi connectivity index (χ1) is 16.5. The highest BCUT2D eigenvalue weighted by atomic mass is 35.5. The SMILES string of the molecule is CCCCNC(=O)C(CC)N(Cc1cccc(C)c1)C(=O)CN(c1ccc(Cl)c(Cl)c1)S(C)(=O)=O. The van der Waals surface area contributed by atoms with Gasteiger partial charge < -0.3 is 10.2 Å². The Morgan fingerprint density at radius 3 is 2.34 bits per heavy atom. The summed E-state index contributed by atoms with van der Waals surface area (Å²) in [6.45, 7) is 5.99. The Morgan fingerprint density at radius 1 is 1.06 bits per heavy atom. The van der Waals surface area contributed by atoms with Gasteiger partial charge in [-0.2, -0.15) is 0 Å². The summed E-state index contributed by atoms with van der Waals surface area (Å²) in [5.41, 5.74) is 2.08. The molecule has 192 valence electrons. The monoisotopic (exact) mass is 541 g/mol. The van der Waals surface area contributed by atoms with Gasteiger partial charge in [-0.05, 0) is 43.5 Å². The molecule has 0 aliphatic heterocycles. The van der Waals surface area contributed by atoms with Crippen LogP contribution in [0.5, 0.6) is 0 Å². The van der Waals surface area contributed by atoms with Crippen LogP contribution in [0.4, 0.5) is 5.69 Å². The number of nitrogens with one attached hydrogen (secondary N) is 1. The van der Waals surface area contributed by atoms with Crippen molar-refractivity contribution >= 4 is 50.7 Å². The lowest BCUT2D eigenvalue weighted by molar-refractivity contribution is -0.140. The minimum Gasteiger partial charge on any atom is -0.354 e. The van der Waals surface area contributed by atoms with Gasteiger partial charge in [0.15, 0.2) is 0 Å². The first-order valence-electron chi connectivity index (χ1n) is 11.5. The summed E-state index contributed by atoms with van der Waals surface area (Å²) in [5, 5.41) is 3.34. The van der Waals surface area contributed by atoms with Gasteiger partial charge in [-0.1, -0.05) is 73.3 Å². The molecule has 0 spiro atoms. The fourth-order valence-electron chi connectivity index (χ4n) is 3.69. The highest BCUT2D eigenvalue weighted by molar-refractivity contribution is 7.92. The van der Waals surface area contributed by atoms with Crippen molar-refractivity contribution in [3.63, 3.8) is 0 Å². The van der Waals surface area contributed by atoms with E-state index in [0.717, 1.165) is 34.5 Å². The number of sulfonamides is 1. The van der Waals surface area contributed by atoms with E-state index in [1.165, 1.54) is 23.1 Å². The van der Waals surface area contributed by atoms with E-state index in [-0.39, 0.29) is 28.2 Å². The molecule has 1 N–H and O–H groups in total. The maximum atomic E-state index is 13.6. The average Bonchev–Trinajstić information content (AvgIpc) is 2.78. The third-order valence-electron chi connectivity index (χ3n) is 5.52. The molecule has 2 rings (SSSR count). The zero-order valence-corrected chi connectivity index (χ0v) is 22.9. The molecule has 1 unspecified atom stereocenters. The molecule has 0 bridgehead atoms. The molecule has 0 saturated heterocycles. The molecule has 2 aromatic rings. The van der Waals surface area contributed by atoms with Crippen LogP contribution in [0.25, 0.3) is 0 Å². The van der Waals surface area contributed by atoms with E-state index in [1.54, 1.807) is 0 Å². The third-order valence-corrected chi connectivity index (χ3v) is 7.40. The number of carbonyl (C=O) groups is 2. The summed E-state index contributed by atoms with van der Waals surface area (Å²) < 4.78 is 26.2. The first-order valence-corrected chi connectivity index (χ1v) is 14.1. The number of unbranched alkanes of at least 4 members (excludes halogenated alkanes) is 1. The van der Waals surface area contributed by atoms with Gasteiger partial charge in [-0.3, -0.25) is 13.9 Å². The van der Waals surface area contributed by atoms with Gasteiger partial charge in [0.05, 0.1) is 22.0 Å². The van der Waals surface area contributed by atoms with Gasteiger partial charge in [-0.25, -0.2) is 8.42 Å². The van der Waals surface area contributed by atoms with E-state index in [1.807, 2.05) is 45.0 Å². The van der Waals surface area contributed by atoms with E-state index in [4.69, 9.17) is 23.2 Å². The third kappa shape index (κ3) is 8.40. The second kappa shape index (κ2) is 13.1. The van der Waals surface area contributed by atoms with Crippen LogP contribution in [0, 0.1) is 6.92 Å². The topological polar surface area (TPSA) is 86.8 Å². The average molecular weight is 543 g/mol. The smallest absolute Gasteiger partial charge is 0.244 e. The predicted molar refractivity (Wildman–Crippen MR) is 142 cm³/mol. The highest BCUT2D eigenvalue weighted by Crippen LogP contribution is 2.28. The van der Waals surface area contributed by atoms with Crippen LogP contribution in [-0.4, -0.2) is 50.5 Å². The number of anilines is 1. The van der Waals surface area contributed by atoms with Crippen molar-refractivity contribution in [2.24, 2.45) is 0 Å². The molecule has 7 nitrogen and oxygen atoms in total. The first kappa shape index (κ1) is 28.9. The predicted octanol–water partition coefficient (Wildman–Crippen LogP) is 4.79. The maximum Gasteiger partial charge on any atom is 0.244 e. The summed E-state index contributed by atoms with van der Waals surface area (Å²) in [4.78, 5) is 28.1. The number of hydrogen-bond donors (Lipinski definition) is 1. The second-order valence-corrected chi connectivity index (χ2v) is 11.2. The van der Waals surface area contributed by atoms with Gasteiger partial charge in [0, 0.05) is 13.1 Å². The van der Waals surface area contributed by atoms with Crippen molar-refractivity contribution in [1.82, 2.24) is 10.2 Å². The Morgan fingerprint density at radius 2 is 1.77 bits per heavy atom. The van der Waals surface area contributed by atoms with Gasteiger partial charge >= 0.3 is 0 Å². The van der Waals surface area contributed by atoms with E-state index in [2.05, 4.69) is 5.32 Å². The fourth-order valence-corrected chi connectivity index (χ4v) is 4.82. The molecule has 0 aliphatic rings. The summed E-state index contributed by atoms with van der Waals surface area (Å²) in [6.07, 6.45) is 3.15. The standard InChI is InChI=1S/C25H33Cl2N3O4S/c1-5-7-13-28-25(32)23(6-2)29(16-19-10-8-9-18(3)14-19)24(31)17-30(35(4,33)34)20-11-12-21(26)22(27)15-20/h8-12,14-15,23H,5-7,13,16-17H2,1-4H3,(H,28,32). The summed E-state index contributed by atoms with van der Waals surface area (Å²) >= 11 is 12.1. The number of amides is 2. The molecule has 0 radical (unpaired) electrons. The number of halogens is 2. The summed E-state index contributed by atoms with van der Waals surface area (Å²) in [7, 11) is -3.84. The van der Waals surface area contributed by atoms with Crippen molar-refractivity contribution in [2.75, 3.05) is 23.7 Å². The largest absolute Gasteiger partial charge is 0.354 e. The van der Waals surface area contributed by atoms with Crippen molar-refractivity contribution in [2.45, 2.75) is 52.6 Å². The van der Waals surface area contributed by atoms with Crippen LogP contribution >= 0.6 is 23.2 Å². The molecule has 35 heavy (non-hydrogen) atoms. The van der Waals surface area contributed by atoms with E-state index in [9.17, 15) is 18.0 Å². The van der Waals surface area contributed by atoms with Gasteiger partial charge in [0.1, 0.15) is 12.6 Å². The number of rotatable bonds is 12. The molecular formula is C25H33Cl2N3O4S. The van der Waals surface area contributed by atoms with Crippen molar-refractivity contribution in [3.8, 4) is 0 Å². The lowest BCUT2D eigenvalue weighted by atomic mass is 10.1. The normalized spacial score (nSPS) is 12.2. The van der Waals surface area contributed by atoms with Crippen LogP contribution in [0.15, 0.2) is 42.5 Å². The van der Waals surface area contributed by atoms with Crippen LogP contribution in [0.1, 0.15) is 44.2 Å². The van der Waals surface area contributed by atoms with Crippen LogP contribution in [-0.2, 0) is 26.2 Å². The number of hydrogen-bond acceptors (Lipinski definition) is 4. The van der Waals surface area contributed by atoms with E-state index in [0.29, 0.717) is 13.0 Å². The molecule has 0 fully saturated rings. The molecule has 0 aromatic heterocycles. The minimum atomic E-state index is -3.84. The van der Waals surface area contributed by atoms with Crippen LogP contribution in [0.2, 0.25) is 10.0 Å². The Bertz CT molecular complexity index is 1140. The molecule has 0 aliphatic carbocycles. The van der Waals surface area contributed by atoms with Crippen molar-refractivity contribution in [1.29, 1.82) is 0 Å². The lowest BCUT2D eigenvalue weighted by Crippen LogP contribution is -2.52. The number of nitrogens with zero attached hydrogens (tertiary/aromatic N) is 2. The zero-order valence-electron chi connectivity index (χ0n) is 20.6. The summed E-state index contributed by atoms with van der Waals surface area (Å²) in [6, 6.07) is 11.3. The molecule has 10 heteroatoms. The Hall–Kier alpha value is -2.29. The van der Waals surface area contributed by atoms with Crippen molar-refractivity contribution < 1.29 is 18.0 Å². The number of benzene rings is 2. The fraction of sp³-hybridized carbons (Fsp3) is 0.440. The Balaban J connectivity index is 2.42. The number of aryl methyl sites for hydroxylation is 1. The van der Waals surface area contributed by atoms with E-state index < -0.39 is 28.5 Å². The second-order valence-electron chi connectivity index (χ2n) is 8.45. The molecule has 1 atom stereocenters. The summed E-state index contributed by atoms with van der Waals surface area (Å²) in [5.74, 6) is -0.761. The molecule has 0 saturated carbocycles. The van der Waals surface area contributed by atoms with Crippen LogP contribution in [0.3, 0.4) is 0 Å². The van der Waals surface area contributed by atoms with E-state index >= 15 is 0 Å². The zero-order chi connectivity index (χ0) is 26.2. The number of carbonyl (C=O) groups excluding carboxylic acids is 2. The Kier molecular flexibility index (Phi) is 10.9. The minimum absolute atomic E-state index is 0.166.